The van der Waals surface area contributed by atoms with Gasteiger partial charge in [0.05, 0.1) is 23.6 Å². The van der Waals surface area contributed by atoms with Crippen LogP contribution in [0.5, 0.6) is 0 Å². The first-order chi connectivity index (χ1) is 16.8. The van der Waals surface area contributed by atoms with Crippen molar-refractivity contribution in [2.24, 2.45) is 0 Å². The SMILES string of the molecule is CC(C)(C)OC(=O)N1CC(n2cc(NC(=O)c3csc(-c4cn[nH]c4)n3)c(-c3ccccn3)n2)C1. The summed E-state index contributed by atoms with van der Waals surface area (Å²) < 4.78 is 7.20. The van der Waals surface area contributed by atoms with Crippen molar-refractivity contribution in [3.8, 4) is 22.0 Å². The van der Waals surface area contributed by atoms with E-state index >= 15 is 0 Å². The zero-order chi connectivity index (χ0) is 24.6. The van der Waals surface area contributed by atoms with Gasteiger partial charge in [0.2, 0.25) is 0 Å². The predicted molar refractivity (Wildman–Crippen MR) is 130 cm³/mol. The number of amides is 2. The summed E-state index contributed by atoms with van der Waals surface area (Å²) in [5.74, 6) is -0.350. The Balaban J connectivity index is 1.35. The Morgan fingerprint density at radius 2 is 2.09 bits per heavy atom. The van der Waals surface area contributed by atoms with E-state index in [1.54, 1.807) is 39.7 Å². The Morgan fingerprint density at radius 1 is 1.26 bits per heavy atom. The van der Waals surface area contributed by atoms with Crippen molar-refractivity contribution in [2.45, 2.75) is 32.4 Å². The fraction of sp³-hybridized carbons (Fsp3) is 0.304. The number of H-pyrrole nitrogens is 1. The number of pyridine rings is 1. The maximum absolute atomic E-state index is 13.0. The van der Waals surface area contributed by atoms with E-state index in [9.17, 15) is 9.59 Å². The number of nitrogens with one attached hydrogen (secondary N) is 2. The molecule has 0 aromatic carbocycles. The first kappa shape index (κ1) is 22.7. The van der Waals surface area contributed by atoms with E-state index in [1.807, 2.05) is 39.0 Å². The van der Waals surface area contributed by atoms with Gasteiger partial charge < -0.3 is 15.0 Å². The first-order valence-corrected chi connectivity index (χ1v) is 11.9. The van der Waals surface area contributed by atoms with Crippen molar-refractivity contribution in [1.82, 2.24) is 34.8 Å². The van der Waals surface area contributed by atoms with Crippen molar-refractivity contribution < 1.29 is 14.3 Å². The molecule has 11 nitrogen and oxygen atoms in total. The van der Waals surface area contributed by atoms with Crippen LogP contribution in [0.25, 0.3) is 22.0 Å². The first-order valence-electron chi connectivity index (χ1n) is 11.0. The maximum atomic E-state index is 13.0. The summed E-state index contributed by atoms with van der Waals surface area (Å²) in [4.78, 5) is 35.7. The normalized spacial score (nSPS) is 14.0. The van der Waals surface area contributed by atoms with Crippen molar-refractivity contribution in [2.75, 3.05) is 18.4 Å². The molecule has 0 aliphatic carbocycles. The van der Waals surface area contributed by atoms with Crippen LogP contribution >= 0.6 is 11.3 Å². The van der Waals surface area contributed by atoms with Gasteiger partial charge in [-0.15, -0.1) is 11.3 Å². The average molecular weight is 493 g/mol. The van der Waals surface area contributed by atoms with Gasteiger partial charge in [-0.2, -0.15) is 10.2 Å². The second-order valence-electron chi connectivity index (χ2n) is 9.10. The monoisotopic (exact) mass is 492 g/mol. The third kappa shape index (κ3) is 4.92. The molecule has 1 saturated heterocycles. The van der Waals surface area contributed by atoms with Crippen LogP contribution in [0, 0.1) is 0 Å². The average Bonchev–Trinajstić information content (AvgIpc) is 3.53. The second kappa shape index (κ2) is 8.95. The molecule has 2 amide bonds. The maximum Gasteiger partial charge on any atom is 0.410 e. The van der Waals surface area contributed by atoms with Crippen LogP contribution in [-0.4, -0.2) is 65.5 Å². The smallest absolute Gasteiger partial charge is 0.410 e. The van der Waals surface area contributed by atoms with Crippen LogP contribution in [0.15, 0.2) is 48.4 Å². The minimum absolute atomic E-state index is 0.0393. The number of hydrogen-bond acceptors (Lipinski definition) is 8. The Hall–Kier alpha value is -4.06. The summed E-state index contributed by atoms with van der Waals surface area (Å²) in [6, 6.07) is 5.46. The molecule has 180 valence electrons. The third-order valence-electron chi connectivity index (χ3n) is 5.26. The molecule has 4 aromatic heterocycles. The van der Waals surface area contributed by atoms with Crippen LogP contribution in [0.2, 0.25) is 0 Å². The Morgan fingerprint density at radius 3 is 2.77 bits per heavy atom. The molecule has 0 bridgehead atoms. The number of aromatic amines is 1. The number of carbonyl (C=O) groups excluding carboxylic acids is 2. The second-order valence-corrected chi connectivity index (χ2v) is 9.96. The van der Waals surface area contributed by atoms with Gasteiger partial charge in [-0.25, -0.2) is 9.78 Å². The van der Waals surface area contributed by atoms with Gasteiger partial charge in [0.15, 0.2) is 0 Å². The number of carbonyl (C=O) groups is 2. The van der Waals surface area contributed by atoms with Crippen LogP contribution in [-0.2, 0) is 4.74 Å². The van der Waals surface area contributed by atoms with Gasteiger partial charge in [-0.1, -0.05) is 6.07 Å². The molecule has 0 unspecified atom stereocenters. The van der Waals surface area contributed by atoms with E-state index in [1.165, 1.54) is 11.3 Å². The van der Waals surface area contributed by atoms with Gasteiger partial charge in [-0.05, 0) is 32.9 Å². The zero-order valence-electron chi connectivity index (χ0n) is 19.4. The molecular formula is C23H24N8O3S. The molecule has 0 radical (unpaired) electrons. The quantitative estimate of drug-likeness (QED) is 0.433. The Labute approximate surface area is 205 Å². The van der Waals surface area contributed by atoms with Gasteiger partial charge in [0, 0.05) is 42.6 Å². The van der Waals surface area contributed by atoms with E-state index in [0.717, 1.165) is 5.56 Å². The summed E-state index contributed by atoms with van der Waals surface area (Å²) >= 11 is 1.36. The van der Waals surface area contributed by atoms with Gasteiger partial charge in [0.1, 0.15) is 22.0 Å². The molecule has 0 saturated carbocycles. The lowest BCUT2D eigenvalue weighted by molar-refractivity contribution is -0.000352. The molecule has 5 rings (SSSR count). The number of nitrogens with zero attached hydrogens (tertiary/aromatic N) is 6. The van der Waals surface area contributed by atoms with Crippen LogP contribution < -0.4 is 5.32 Å². The number of aromatic nitrogens is 6. The number of hydrogen-bond donors (Lipinski definition) is 2. The van der Waals surface area contributed by atoms with E-state index in [2.05, 4.69) is 25.5 Å². The van der Waals surface area contributed by atoms with E-state index in [-0.39, 0.29) is 18.0 Å². The van der Waals surface area contributed by atoms with Crippen molar-refractivity contribution in [3.05, 3.63) is 54.1 Å². The van der Waals surface area contributed by atoms with E-state index < -0.39 is 5.60 Å². The number of ether oxygens (including phenoxy) is 1. The predicted octanol–water partition coefficient (Wildman–Crippen LogP) is 3.84. The summed E-state index contributed by atoms with van der Waals surface area (Å²) in [7, 11) is 0. The topological polar surface area (TPSA) is 131 Å². The summed E-state index contributed by atoms with van der Waals surface area (Å²) in [5, 5.41) is 16.7. The molecule has 1 aliphatic rings. The molecule has 4 aromatic rings. The van der Waals surface area contributed by atoms with Gasteiger partial charge in [-0.3, -0.25) is 19.6 Å². The molecule has 0 atom stereocenters. The van der Waals surface area contributed by atoms with Crippen LogP contribution in [0.1, 0.15) is 37.3 Å². The molecule has 12 heteroatoms. The highest BCUT2D eigenvalue weighted by Crippen LogP contribution is 2.31. The summed E-state index contributed by atoms with van der Waals surface area (Å²) in [5.41, 5.74) is 2.25. The fourth-order valence-corrected chi connectivity index (χ4v) is 4.31. The summed E-state index contributed by atoms with van der Waals surface area (Å²) in [6.07, 6.45) is 6.47. The Kier molecular flexibility index (Phi) is 5.81. The Bertz CT molecular complexity index is 1330. The minimum atomic E-state index is -0.551. The largest absolute Gasteiger partial charge is 0.444 e. The molecule has 35 heavy (non-hydrogen) atoms. The number of likely N-dealkylation sites (tertiary alicyclic amines) is 1. The third-order valence-corrected chi connectivity index (χ3v) is 6.15. The summed E-state index contributed by atoms with van der Waals surface area (Å²) in [6.45, 7) is 6.44. The standard InChI is InChI=1S/C23H24N8O3S/c1-23(2,3)34-22(33)30-10-15(11-30)31-12-17(19(29-31)16-6-4-5-7-24-16)27-20(32)18-13-35-21(28-18)14-8-25-26-9-14/h4-9,12-13,15H,10-11H2,1-3H3,(H,25,26)(H,27,32). The lowest BCUT2D eigenvalue weighted by Crippen LogP contribution is -2.52. The molecule has 0 spiro atoms. The lowest BCUT2D eigenvalue weighted by Gasteiger charge is -2.39. The number of thiazole rings is 1. The van der Waals surface area contributed by atoms with Crippen molar-refractivity contribution in [3.63, 3.8) is 0 Å². The minimum Gasteiger partial charge on any atom is -0.444 e. The van der Waals surface area contributed by atoms with Crippen molar-refractivity contribution >= 4 is 29.0 Å². The highest BCUT2D eigenvalue weighted by molar-refractivity contribution is 7.13. The highest BCUT2D eigenvalue weighted by Gasteiger charge is 2.36. The van der Waals surface area contributed by atoms with Crippen molar-refractivity contribution in [1.29, 1.82) is 0 Å². The van der Waals surface area contributed by atoms with Gasteiger partial charge >= 0.3 is 6.09 Å². The van der Waals surface area contributed by atoms with E-state index in [0.29, 0.717) is 40.9 Å². The van der Waals surface area contributed by atoms with Crippen LogP contribution in [0.4, 0.5) is 10.5 Å². The molecular weight excluding hydrogens is 468 g/mol. The number of rotatable bonds is 5. The van der Waals surface area contributed by atoms with Gasteiger partial charge in [0.25, 0.3) is 5.91 Å². The number of anilines is 1. The lowest BCUT2D eigenvalue weighted by atomic mass is 10.1. The fourth-order valence-electron chi connectivity index (χ4n) is 3.53. The zero-order valence-corrected chi connectivity index (χ0v) is 20.2. The molecule has 1 fully saturated rings. The molecule has 5 heterocycles. The molecule has 2 N–H and O–H groups in total. The molecule has 1 aliphatic heterocycles. The van der Waals surface area contributed by atoms with E-state index in [4.69, 9.17) is 9.84 Å². The van der Waals surface area contributed by atoms with Crippen LogP contribution in [0.3, 0.4) is 0 Å². The highest BCUT2D eigenvalue weighted by atomic mass is 32.1.